The Morgan fingerprint density at radius 2 is 1.85 bits per heavy atom. The number of nitrogens with one attached hydrogen (secondary N) is 2. The fraction of sp³-hybridized carbons (Fsp3) is 0.571. The van der Waals surface area contributed by atoms with Gasteiger partial charge in [0.15, 0.2) is 5.03 Å². The number of carbonyl (C=O) groups excluding carboxylic acids is 2. The Morgan fingerprint density at radius 3 is 2.38 bits per heavy atom. The number of nitrogens with two attached hydrogens (primary N) is 1. The molecule has 0 fully saturated rings. The maximum absolute atomic E-state index is 13.0. The average molecular weight is 498 g/mol. The van der Waals surface area contributed by atoms with Gasteiger partial charge in [0.05, 0.1) is 5.94 Å². The number of nitrogens with zero attached hydrogens (tertiary/aromatic N) is 2. The van der Waals surface area contributed by atoms with E-state index in [9.17, 15) is 29.8 Å². The van der Waals surface area contributed by atoms with Gasteiger partial charge in [0.2, 0.25) is 5.91 Å². The van der Waals surface area contributed by atoms with Gasteiger partial charge in [0.25, 0.3) is 5.96 Å². The number of benzene rings is 1. The lowest BCUT2D eigenvalue weighted by Gasteiger charge is -2.24. The van der Waals surface area contributed by atoms with E-state index in [0.29, 0.717) is 17.9 Å². The largest absolute Gasteiger partial charge is 0.475 e. The molecule has 0 aromatic heterocycles. The summed E-state index contributed by atoms with van der Waals surface area (Å²) in [5, 5.41) is 32.0. The summed E-state index contributed by atoms with van der Waals surface area (Å²) in [5.74, 6) is -3.00. The van der Waals surface area contributed by atoms with E-state index < -0.39 is 35.8 Å². The second-order valence-corrected chi connectivity index (χ2v) is 9.01. The van der Waals surface area contributed by atoms with Gasteiger partial charge < -0.3 is 21.1 Å². The number of rotatable bonds is 14. The van der Waals surface area contributed by atoms with Crippen molar-refractivity contribution in [1.82, 2.24) is 10.7 Å². The van der Waals surface area contributed by atoms with Crippen LogP contribution in [0.4, 0.5) is 0 Å². The van der Waals surface area contributed by atoms with Crippen LogP contribution >= 0.6 is 11.6 Å². The summed E-state index contributed by atoms with van der Waals surface area (Å²) in [6.45, 7) is 5.62. The fourth-order valence-corrected chi connectivity index (χ4v) is 3.54. The fourth-order valence-electron chi connectivity index (χ4n) is 3.41. The summed E-state index contributed by atoms with van der Waals surface area (Å²) >= 11 is 5.91. The molecule has 0 spiro atoms. The zero-order chi connectivity index (χ0) is 25.8. The van der Waals surface area contributed by atoms with Crippen LogP contribution in [0.2, 0.25) is 5.02 Å². The van der Waals surface area contributed by atoms with E-state index in [1.807, 2.05) is 13.8 Å². The van der Waals surface area contributed by atoms with Crippen LogP contribution < -0.4 is 16.5 Å². The van der Waals surface area contributed by atoms with Crippen molar-refractivity contribution < 1.29 is 24.7 Å². The maximum atomic E-state index is 13.0. The molecule has 34 heavy (non-hydrogen) atoms. The number of carbonyl (C=O) groups is 2. The average Bonchev–Trinajstić information content (AvgIpc) is 2.74. The molecule has 6 N–H and O–H groups in total. The van der Waals surface area contributed by atoms with E-state index >= 15 is 0 Å². The Kier molecular flexibility index (Phi) is 12.5. The van der Waals surface area contributed by atoms with Crippen LogP contribution in [-0.2, 0) is 9.59 Å². The van der Waals surface area contributed by atoms with Crippen molar-refractivity contribution in [1.29, 1.82) is 0 Å². The highest BCUT2D eigenvalue weighted by Crippen LogP contribution is 2.24. The van der Waals surface area contributed by atoms with Gasteiger partial charge in [0, 0.05) is 29.8 Å². The lowest BCUT2D eigenvalue weighted by molar-refractivity contribution is -0.525. The minimum absolute atomic E-state index is 0.0715. The zero-order valence-electron chi connectivity index (χ0n) is 19.6. The number of amides is 1. The molecule has 3 atom stereocenters. The molecule has 0 saturated carbocycles. The van der Waals surface area contributed by atoms with Gasteiger partial charge in [-0.25, -0.2) is 15.1 Å². The Labute approximate surface area is 204 Å². The first-order valence-corrected chi connectivity index (χ1v) is 11.4. The molecule has 188 valence electrons. The number of ketones is 1. The lowest BCUT2D eigenvalue weighted by atomic mass is 9.74. The van der Waals surface area contributed by atoms with Crippen molar-refractivity contribution in [3.63, 3.8) is 0 Å². The van der Waals surface area contributed by atoms with Gasteiger partial charge in [-0.2, -0.15) is 0 Å². The SMILES string of the molecule is CC(C)C[C@H](NC(=O)[C@H](CCCN=C(N)N[N+](=O)[O-])CC(=O)C(C)c1ccc(Cl)cc1)B(O)O. The minimum atomic E-state index is -1.74. The molecule has 0 saturated heterocycles. The maximum Gasteiger partial charge on any atom is 0.475 e. The Balaban J connectivity index is 2.91. The summed E-state index contributed by atoms with van der Waals surface area (Å²) in [4.78, 5) is 40.2. The third kappa shape index (κ3) is 10.9. The van der Waals surface area contributed by atoms with Crippen molar-refractivity contribution >= 4 is 36.4 Å². The number of hydrogen-bond acceptors (Lipinski definition) is 7. The molecule has 0 bridgehead atoms. The summed E-state index contributed by atoms with van der Waals surface area (Å²) in [6.07, 6.45) is 0.851. The Bertz CT molecular complexity index is 853. The monoisotopic (exact) mass is 497 g/mol. The summed E-state index contributed by atoms with van der Waals surface area (Å²) in [5.41, 5.74) is 7.89. The summed E-state index contributed by atoms with van der Waals surface area (Å²) in [6, 6.07) is 6.87. The van der Waals surface area contributed by atoms with Crippen LogP contribution in [0.1, 0.15) is 57.9 Å². The molecule has 0 heterocycles. The van der Waals surface area contributed by atoms with Gasteiger partial charge in [0.1, 0.15) is 5.78 Å². The first kappa shape index (κ1) is 29.3. The number of halogens is 1. The van der Waals surface area contributed by atoms with Crippen LogP contribution in [0.15, 0.2) is 29.3 Å². The normalized spacial score (nSPS) is 14.3. The predicted molar refractivity (Wildman–Crippen MR) is 130 cm³/mol. The lowest BCUT2D eigenvalue weighted by Crippen LogP contribution is -2.49. The van der Waals surface area contributed by atoms with Gasteiger partial charge in [-0.1, -0.05) is 49.9 Å². The molecular weight excluding hydrogens is 465 g/mol. The molecule has 0 aliphatic heterocycles. The Hall–Kier alpha value is -2.70. The molecule has 11 nitrogen and oxygen atoms in total. The number of aliphatic imine (C=N–C) groups is 1. The third-order valence-corrected chi connectivity index (χ3v) is 5.53. The molecule has 0 radical (unpaired) electrons. The second-order valence-electron chi connectivity index (χ2n) is 8.58. The van der Waals surface area contributed by atoms with Crippen LogP contribution in [0.5, 0.6) is 0 Å². The molecule has 0 aliphatic carbocycles. The first-order valence-electron chi connectivity index (χ1n) is 11.1. The standard InChI is InChI=1S/C21H33BClN5O6/c1-13(2)11-19(22(31)32)26-20(30)16(5-4-10-25-21(24)27-28(33)34)12-18(29)14(3)15-6-8-17(23)9-7-15/h6-9,13-14,16,19,31-32H,4-5,10-12H2,1-3H3,(H,26,30)(H3,24,25,27)/t14?,16-,19+/m1/s1. The van der Waals surface area contributed by atoms with Crippen LogP contribution in [0, 0.1) is 22.0 Å². The van der Waals surface area contributed by atoms with Gasteiger partial charge in [-0.05, 0) is 42.9 Å². The highest BCUT2D eigenvalue weighted by molar-refractivity contribution is 6.43. The van der Waals surface area contributed by atoms with E-state index in [2.05, 4.69) is 10.3 Å². The van der Waals surface area contributed by atoms with E-state index in [4.69, 9.17) is 17.3 Å². The smallest absolute Gasteiger partial charge is 0.426 e. The van der Waals surface area contributed by atoms with Crippen LogP contribution in [0.25, 0.3) is 0 Å². The predicted octanol–water partition coefficient (Wildman–Crippen LogP) is 1.44. The van der Waals surface area contributed by atoms with E-state index in [-0.39, 0.29) is 37.0 Å². The Morgan fingerprint density at radius 1 is 1.24 bits per heavy atom. The van der Waals surface area contributed by atoms with Crippen molar-refractivity contribution in [2.45, 2.75) is 58.3 Å². The van der Waals surface area contributed by atoms with Gasteiger partial charge >= 0.3 is 7.12 Å². The first-order chi connectivity index (χ1) is 15.9. The van der Waals surface area contributed by atoms with E-state index in [1.165, 1.54) is 0 Å². The van der Waals surface area contributed by atoms with Crippen molar-refractivity contribution in [3.05, 3.63) is 45.0 Å². The summed E-state index contributed by atoms with van der Waals surface area (Å²) < 4.78 is 0. The number of nitro groups is 1. The minimum Gasteiger partial charge on any atom is -0.426 e. The van der Waals surface area contributed by atoms with Gasteiger partial charge in [-0.3, -0.25) is 9.59 Å². The van der Waals surface area contributed by atoms with Crippen LogP contribution in [0.3, 0.4) is 0 Å². The van der Waals surface area contributed by atoms with Crippen molar-refractivity contribution in [2.75, 3.05) is 6.54 Å². The highest BCUT2D eigenvalue weighted by Gasteiger charge is 2.31. The molecular formula is C21H33BClN5O6. The highest BCUT2D eigenvalue weighted by atomic mass is 35.5. The topological polar surface area (TPSA) is 180 Å². The third-order valence-electron chi connectivity index (χ3n) is 5.28. The van der Waals surface area contributed by atoms with E-state index in [0.717, 1.165) is 5.56 Å². The molecule has 1 unspecified atom stereocenters. The summed E-state index contributed by atoms with van der Waals surface area (Å²) in [7, 11) is -1.74. The van der Waals surface area contributed by atoms with Crippen molar-refractivity contribution in [2.24, 2.45) is 22.6 Å². The second kappa shape index (κ2) is 14.5. The number of guanidine groups is 1. The molecule has 13 heteroatoms. The van der Waals surface area contributed by atoms with E-state index in [1.54, 1.807) is 36.6 Å². The zero-order valence-corrected chi connectivity index (χ0v) is 20.4. The molecule has 1 amide bonds. The number of Topliss-reactive ketones (excluding diaryl/α,β-unsaturated/α-hetero) is 1. The number of hydrogen-bond donors (Lipinski definition) is 5. The van der Waals surface area contributed by atoms with Gasteiger partial charge in [-0.15, -0.1) is 0 Å². The quantitative estimate of drug-likeness (QED) is 0.0639. The van der Waals surface area contributed by atoms with Crippen molar-refractivity contribution in [3.8, 4) is 0 Å². The molecule has 0 aliphatic rings. The molecule has 1 aromatic carbocycles. The van der Waals surface area contributed by atoms with Crippen LogP contribution in [-0.4, -0.2) is 52.3 Å². The number of hydrazine groups is 1. The molecule has 1 rings (SSSR count). The molecule has 1 aromatic rings.